The molecule has 0 saturated carbocycles. The minimum Gasteiger partial charge on any atom is -0.381 e. The molecule has 1 aromatic carbocycles. The number of hydrogen-bond acceptors (Lipinski definition) is 4. The Morgan fingerprint density at radius 3 is 2.62 bits per heavy atom. The van der Waals surface area contributed by atoms with Gasteiger partial charge >= 0.3 is 0 Å². The SMILES string of the molecule is Cc1cc(CNc2ccc(Cn3cncn3)cc2)c(C)s1. The van der Waals surface area contributed by atoms with Gasteiger partial charge in [0.2, 0.25) is 0 Å². The first kappa shape index (κ1) is 13.8. The number of aryl methyl sites for hydroxylation is 2. The standard InChI is InChI=1S/C16H18N4S/c1-12-7-15(13(2)21-12)8-18-16-5-3-14(4-6-16)9-20-11-17-10-19-20/h3-7,10-11,18H,8-9H2,1-2H3. The Bertz CT molecular complexity index is 698. The lowest BCUT2D eigenvalue weighted by Gasteiger charge is -2.07. The van der Waals surface area contributed by atoms with Crippen molar-refractivity contribution >= 4 is 17.0 Å². The van der Waals surface area contributed by atoms with E-state index in [0.717, 1.165) is 18.8 Å². The molecular weight excluding hydrogens is 280 g/mol. The van der Waals surface area contributed by atoms with Crippen molar-refractivity contribution in [2.45, 2.75) is 26.9 Å². The molecule has 0 amide bonds. The molecule has 0 saturated heterocycles. The highest BCUT2D eigenvalue weighted by Gasteiger charge is 2.03. The number of anilines is 1. The molecule has 3 aromatic rings. The Morgan fingerprint density at radius 2 is 2.00 bits per heavy atom. The summed E-state index contributed by atoms with van der Waals surface area (Å²) in [6.45, 7) is 5.96. The van der Waals surface area contributed by atoms with Gasteiger partial charge in [-0.2, -0.15) is 5.10 Å². The summed E-state index contributed by atoms with van der Waals surface area (Å²) < 4.78 is 1.82. The number of nitrogens with one attached hydrogen (secondary N) is 1. The Balaban J connectivity index is 1.60. The van der Waals surface area contributed by atoms with Crippen molar-refractivity contribution < 1.29 is 0 Å². The third-order valence-corrected chi connectivity index (χ3v) is 4.40. The molecule has 3 rings (SSSR count). The van der Waals surface area contributed by atoms with E-state index in [-0.39, 0.29) is 0 Å². The first-order chi connectivity index (χ1) is 10.2. The van der Waals surface area contributed by atoms with Crippen molar-refractivity contribution in [2.75, 3.05) is 5.32 Å². The van der Waals surface area contributed by atoms with Crippen LogP contribution in [0.15, 0.2) is 43.0 Å². The fourth-order valence-corrected chi connectivity index (χ4v) is 3.23. The zero-order valence-corrected chi connectivity index (χ0v) is 13.0. The summed E-state index contributed by atoms with van der Waals surface area (Å²) in [6.07, 6.45) is 3.29. The van der Waals surface area contributed by atoms with E-state index in [4.69, 9.17) is 0 Å². The molecule has 1 N–H and O–H groups in total. The van der Waals surface area contributed by atoms with E-state index < -0.39 is 0 Å². The van der Waals surface area contributed by atoms with Gasteiger partial charge in [0.25, 0.3) is 0 Å². The number of nitrogens with zero attached hydrogens (tertiary/aromatic N) is 3. The molecule has 0 aliphatic heterocycles. The van der Waals surface area contributed by atoms with E-state index >= 15 is 0 Å². The van der Waals surface area contributed by atoms with Gasteiger partial charge in [0.15, 0.2) is 0 Å². The van der Waals surface area contributed by atoms with Crippen molar-refractivity contribution in [1.82, 2.24) is 14.8 Å². The highest BCUT2D eigenvalue weighted by atomic mass is 32.1. The van der Waals surface area contributed by atoms with Gasteiger partial charge in [-0.3, -0.25) is 0 Å². The minimum absolute atomic E-state index is 0.753. The van der Waals surface area contributed by atoms with Crippen LogP contribution in [0.25, 0.3) is 0 Å². The molecule has 0 radical (unpaired) electrons. The van der Waals surface area contributed by atoms with Crippen LogP contribution < -0.4 is 5.32 Å². The van der Waals surface area contributed by atoms with Crippen molar-refractivity contribution in [3.8, 4) is 0 Å². The first-order valence-corrected chi connectivity index (χ1v) is 7.73. The van der Waals surface area contributed by atoms with Crippen LogP contribution >= 0.6 is 11.3 Å². The van der Waals surface area contributed by atoms with Crippen molar-refractivity contribution in [2.24, 2.45) is 0 Å². The summed E-state index contributed by atoms with van der Waals surface area (Å²) in [5.74, 6) is 0. The molecule has 0 aliphatic rings. The summed E-state index contributed by atoms with van der Waals surface area (Å²) in [5, 5.41) is 7.59. The summed E-state index contributed by atoms with van der Waals surface area (Å²) >= 11 is 1.85. The van der Waals surface area contributed by atoms with Gasteiger partial charge in [0.1, 0.15) is 12.7 Å². The molecule has 0 spiro atoms. The van der Waals surface area contributed by atoms with Crippen LogP contribution in [0.4, 0.5) is 5.69 Å². The normalized spacial score (nSPS) is 10.8. The largest absolute Gasteiger partial charge is 0.381 e. The van der Waals surface area contributed by atoms with Gasteiger partial charge in [-0.05, 0) is 43.2 Å². The van der Waals surface area contributed by atoms with Crippen LogP contribution in [0.5, 0.6) is 0 Å². The number of aromatic nitrogens is 3. The Hall–Kier alpha value is -2.14. The van der Waals surface area contributed by atoms with Crippen LogP contribution in [0.3, 0.4) is 0 Å². The average molecular weight is 298 g/mol. The second kappa shape index (κ2) is 6.10. The van der Waals surface area contributed by atoms with Crippen LogP contribution in [0.1, 0.15) is 20.9 Å². The van der Waals surface area contributed by atoms with Gasteiger partial charge in [-0.25, -0.2) is 9.67 Å². The number of benzene rings is 1. The average Bonchev–Trinajstić information content (AvgIpc) is 3.08. The second-order valence-electron chi connectivity index (χ2n) is 5.08. The van der Waals surface area contributed by atoms with E-state index in [9.17, 15) is 0 Å². The van der Waals surface area contributed by atoms with Crippen LogP contribution in [0, 0.1) is 13.8 Å². The number of thiophene rings is 1. The molecule has 0 fully saturated rings. The first-order valence-electron chi connectivity index (χ1n) is 6.92. The number of hydrogen-bond donors (Lipinski definition) is 1. The van der Waals surface area contributed by atoms with Crippen LogP contribution in [-0.4, -0.2) is 14.8 Å². The molecule has 4 nitrogen and oxygen atoms in total. The lowest BCUT2D eigenvalue weighted by Crippen LogP contribution is -2.01. The lowest BCUT2D eigenvalue weighted by atomic mass is 10.2. The van der Waals surface area contributed by atoms with E-state index in [0.29, 0.717) is 0 Å². The molecule has 0 unspecified atom stereocenters. The zero-order valence-electron chi connectivity index (χ0n) is 12.2. The molecule has 0 aliphatic carbocycles. The Kier molecular flexibility index (Phi) is 4.01. The van der Waals surface area contributed by atoms with Gasteiger partial charge in [0.05, 0.1) is 6.54 Å². The van der Waals surface area contributed by atoms with Crippen molar-refractivity contribution in [3.05, 3.63) is 63.9 Å². The maximum Gasteiger partial charge on any atom is 0.137 e. The third-order valence-electron chi connectivity index (χ3n) is 3.39. The lowest BCUT2D eigenvalue weighted by molar-refractivity contribution is 0.685. The highest BCUT2D eigenvalue weighted by Crippen LogP contribution is 2.21. The maximum absolute atomic E-state index is 4.11. The molecule has 0 bridgehead atoms. The van der Waals surface area contributed by atoms with E-state index in [1.165, 1.54) is 20.9 Å². The molecule has 0 atom stereocenters. The van der Waals surface area contributed by atoms with Crippen molar-refractivity contribution in [3.63, 3.8) is 0 Å². The summed E-state index contributed by atoms with van der Waals surface area (Å²) in [7, 11) is 0. The molecule has 21 heavy (non-hydrogen) atoms. The fourth-order valence-electron chi connectivity index (χ4n) is 2.29. The fraction of sp³-hybridized carbons (Fsp3) is 0.250. The predicted molar refractivity (Wildman–Crippen MR) is 86.7 cm³/mol. The zero-order chi connectivity index (χ0) is 14.7. The monoisotopic (exact) mass is 298 g/mol. The van der Waals surface area contributed by atoms with E-state index in [2.05, 4.69) is 59.6 Å². The highest BCUT2D eigenvalue weighted by molar-refractivity contribution is 7.12. The summed E-state index contributed by atoms with van der Waals surface area (Å²) in [5.41, 5.74) is 3.73. The van der Waals surface area contributed by atoms with Crippen LogP contribution in [-0.2, 0) is 13.1 Å². The van der Waals surface area contributed by atoms with Gasteiger partial charge in [0, 0.05) is 22.0 Å². The van der Waals surface area contributed by atoms with Crippen LogP contribution in [0.2, 0.25) is 0 Å². The minimum atomic E-state index is 0.753. The van der Waals surface area contributed by atoms with E-state index in [1.54, 1.807) is 12.7 Å². The Morgan fingerprint density at radius 1 is 1.19 bits per heavy atom. The summed E-state index contributed by atoms with van der Waals surface area (Å²) in [6, 6.07) is 10.7. The molecule has 108 valence electrons. The van der Waals surface area contributed by atoms with Gasteiger partial charge < -0.3 is 5.32 Å². The molecule has 5 heteroatoms. The molecule has 2 heterocycles. The maximum atomic E-state index is 4.11. The summed E-state index contributed by atoms with van der Waals surface area (Å²) in [4.78, 5) is 6.71. The molecular formula is C16H18N4S. The smallest absolute Gasteiger partial charge is 0.137 e. The molecule has 2 aromatic heterocycles. The van der Waals surface area contributed by atoms with Crippen molar-refractivity contribution in [1.29, 1.82) is 0 Å². The van der Waals surface area contributed by atoms with Gasteiger partial charge in [-0.1, -0.05) is 12.1 Å². The van der Waals surface area contributed by atoms with E-state index in [1.807, 2.05) is 16.0 Å². The Labute approximate surface area is 128 Å². The quantitative estimate of drug-likeness (QED) is 0.782. The topological polar surface area (TPSA) is 42.7 Å². The van der Waals surface area contributed by atoms with Gasteiger partial charge in [-0.15, -0.1) is 11.3 Å². The third kappa shape index (κ3) is 3.49. The predicted octanol–water partition coefficient (Wildman–Crippen LogP) is 3.62. The number of rotatable bonds is 5. The second-order valence-corrected chi connectivity index (χ2v) is 6.54.